The Morgan fingerprint density at radius 2 is 2.12 bits per heavy atom. The minimum absolute atomic E-state index is 0.0283. The number of amides is 2. The van der Waals surface area contributed by atoms with E-state index in [1.165, 1.54) is 4.90 Å². The molecule has 0 aromatic heterocycles. The SMILES string of the molecule is CCC1C(=O)NCC(=O)N1c1ccccc1Cl. The maximum Gasteiger partial charge on any atom is 0.247 e. The van der Waals surface area contributed by atoms with Crippen LogP contribution in [0.4, 0.5) is 5.69 Å². The summed E-state index contributed by atoms with van der Waals surface area (Å²) in [7, 11) is 0. The van der Waals surface area contributed by atoms with Crippen LogP contribution in [0.15, 0.2) is 24.3 Å². The molecule has 1 saturated heterocycles. The number of para-hydroxylation sites is 1. The van der Waals surface area contributed by atoms with Crippen molar-refractivity contribution in [1.82, 2.24) is 5.32 Å². The molecule has 1 aromatic carbocycles. The molecule has 2 amide bonds. The Kier molecular flexibility index (Phi) is 3.33. The van der Waals surface area contributed by atoms with Crippen LogP contribution in [0.1, 0.15) is 13.3 Å². The van der Waals surface area contributed by atoms with Crippen LogP contribution in [-0.2, 0) is 9.59 Å². The first-order chi connectivity index (χ1) is 8.15. The second-order valence-electron chi connectivity index (χ2n) is 3.86. The Balaban J connectivity index is 2.43. The van der Waals surface area contributed by atoms with Gasteiger partial charge in [0.2, 0.25) is 11.8 Å². The molecule has 0 aliphatic carbocycles. The van der Waals surface area contributed by atoms with Crippen molar-refractivity contribution in [2.75, 3.05) is 11.4 Å². The molecule has 1 heterocycles. The summed E-state index contributed by atoms with van der Waals surface area (Å²) in [6.45, 7) is 1.90. The molecule has 1 N–H and O–H groups in total. The highest BCUT2D eigenvalue weighted by molar-refractivity contribution is 6.34. The molecule has 90 valence electrons. The van der Waals surface area contributed by atoms with Gasteiger partial charge in [-0.15, -0.1) is 0 Å². The molecule has 0 saturated carbocycles. The van der Waals surface area contributed by atoms with Crippen molar-refractivity contribution in [3.63, 3.8) is 0 Å². The Morgan fingerprint density at radius 1 is 1.41 bits per heavy atom. The van der Waals surface area contributed by atoms with Crippen LogP contribution < -0.4 is 10.2 Å². The molecular formula is C12H13ClN2O2. The van der Waals surface area contributed by atoms with Gasteiger partial charge in [-0.2, -0.15) is 0 Å². The highest BCUT2D eigenvalue weighted by Gasteiger charge is 2.34. The number of halogens is 1. The number of piperazine rings is 1. The second kappa shape index (κ2) is 4.75. The van der Waals surface area contributed by atoms with Crippen LogP contribution in [0.25, 0.3) is 0 Å². The summed E-state index contributed by atoms with van der Waals surface area (Å²) in [5, 5.41) is 3.06. The fourth-order valence-electron chi connectivity index (χ4n) is 1.97. The summed E-state index contributed by atoms with van der Waals surface area (Å²) in [5.41, 5.74) is 0.598. The number of carbonyl (C=O) groups is 2. The average Bonchev–Trinajstić information content (AvgIpc) is 2.33. The Hall–Kier alpha value is -1.55. The summed E-state index contributed by atoms with van der Waals surface area (Å²) in [5.74, 6) is -0.267. The maximum absolute atomic E-state index is 11.9. The van der Waals surface area contributed by atoms with Gasteiger partial charge in [0.15, 0.2) is 0 Å². The number of nitrogens with one attached hydrogen (secondary N) is 1. The fraction of sp³-hybridized carbons (Fsp3) is 0.333. The van der Waals surface area contributed by atoms with Gasteiger partial charge in [-0.1, -0.05) is 30.7 Å². The van der Waals surface area contributed by atoms with E-state index in [0.717, 1.165) is 0 Å². The number of benzene rings is 1. The molecule has 1 aliphatic rings. The monoisotopic (exact) mass is 252 g/mol. The van der Waals surface area contributed by atoms with Crippen LogP contribution in [0.2, 0.25) is 5.02 Å². The normalized spacial score (nSPS) is 20.4. The highest BCUT2D eigenvalue weighted by atomic mass is 35.5. The molecule has 1 atom stereocenters. The van der Waals surface area contributed by atoms with Gasteiger partial charge in [0.05, 0.1) is 17.3 Å². The average molecular weight is 253 g/mol. The Morgan fingerprint density at radius 3 is 2.76 bits per heavy atom. The van der Waals surface area contributed by atoms with Gasteiger partial charge in [-0.3, -0.25) is 14.5 Å². The van der Waals surface area contributed by atoms with Gasteiger partial charge in [-0.05, 0) is 18.6 Å². The molecule has 0 radical (unpaired) electrons. The summed E-state index contributed by atoms with van der Waals surface area (Å²) in [6.07, 6.45) is 0.558. The molecule has 17 heavy (non-hydrogen) atoms. The molecule has 4 nitrogen and oxygen atoms in total. The zero-order valence-electron chi connectivity index (χ0n) is 9.44. The minimum Gasteiger partial charge on any atom is -0.345 e. The lowest BCUT2D eigenvalue weighted by Gasteiger charge is -2.34. The highest BCUT2D eigenvalue weighted by Crippen LogP contribution is 2.28. The number of rotatable bonds is 2. The lowest BCUT2D eigenvalue weighted by Crippen LogP contribution is -2.58. The van der Waals surface area contributed by atoms with Crippen LogP contribution in [0, 0.1) is 0 Å². The summed E-state index contributed by atoms with van der Waals surface area (Å²) in [6, 6.07) is 6.58. The Labute approximate surface area is 105 Å². The Bertz CT molecular complexity index is 462. The third-order valence-corrected chi connectivity index (χ3v) is 3.12. The van der Waals surface area contributed by atoms with Gasteiger partial charge < -0.3 is 5.32 Å². The van der Waals surface area contributed by atoms with E-state index in [1.807, 2.05) is 6.92 Å². The quantitative estimate of drug-likeness (QED) is 0.869. The van der Waals surface area contributed by atoms with Gasteiger partial charge in [0.25, 0.3) is 0 Å². The molecule has 1 unspecified atom stereocenters. The molecule has 0 bridgehead atoms. The number of carbonyl (C=O) groups excluding carboxylic acids is 2. The lowest BCUT2D eigenvalue weighted by molar-refractivity contribution is -0.131. The van der Waals surface area contributed by atoms with E-state index in [4.69, 9.17) is 11.6 Å². The van der Waals surface area contributed by atoms with Crippen molar-refractivity contribution in [1.29, 1.82) is 0 Å². The van der Waals surface area contributed by atoms with Crippen molar-refractivity contribution >= 4 is 29.1 Å². The summed E-state index contributed by atoms with van der Waals surface area (Å²) >= 11 is 6.07. The third kappa shape index (κ3) is 2.13. The number of hydrogen-bond acceptors (Lipinski definition) is 2. The van der Waals surface area contributed by atoms with Gasteiger partial charge in [0.1, 0.15) is 6.04 Å². The predicted molar refractivity (Wildman–Crippen MR) is 66.0 cm³/mol. The van der Waals surface area contributed by atoms with Crippen LogP contribution in [0.5, 0.6) is 0 Å². The van der Waals surface area contributed by atoms with Crippen LogP contribution >= 0.6 is 11.6 Å². The zero-order valence-corrected chi connectivity index (χ0v) is 10.2. The molecule has 5 heteroatoms. The van der Waals surface area contributed by atoms with Gasteiger partial charge in [-0.25, -0.2) is 0 Å². The molecule has 1 aliphatic heterocycles. The van der Waals surface area contributed by atoms with E-state index in [0.29, 0.717) is 17.1 Å². The van der Waals surface area contributed by atoms with Crippen molar-refractivity contribution in [3.05, 3.63) is 29.3 Å². The summed E-state index contributed by atoms with van der Waals surface area (Å²) in [4.78, 5) is 25.1. The molecule has 1 aromatic rings. The standard InChI is InChI=1S/C12H13ClN2O2/c1-2-9-12(17)14-7-11(16)15(9)10-6-4-3-5-8(10)13/h3-6,9H,2,7H2,1H3,(H,14,17). The number of anilines is 1. The largest absolute Gasteiger partial charge is 0.345 e. The third-order valence-electron chi connectivity index (χ3n) is 2.80. The molecule has 1 fully saturated rings. The summed E-state index contributed by atoms with van der Waals surface area (Å²) < 4.78 is 0. The number of hydrogen-bond donors (Lipinski definition) is 1. The number of nitrogens with zero attached hydrogens (tertiary/aromatic N) is 1. The van der Waals surface area contributed by atoms with E-state index >= 15 is 0 Å². The van der Waals surface area contributed by atoms with Crippen molar-refractivity contribution in [3.8, 4) is 0 Å². The van der Waals surface area contributed by atoms with Gasteiger partial charge in [0, 0.05) is 0 Å². The van der Waals surface area contributed by atoms with Crippen LogP contribution in [-0.4, -0.2) is 24.4 Å². The minimum atomic E-state index is -0.476. The topological polar surface area (TPSA) is 49.4 Å². The molecule has 2 rings (SSSR count). The first kappa shape index (κ1) is 11.9. The smallest absolute Gasteiger partial charge is 0.247 e. The van der Waals surface area contributed by atoms with E-state index in [1.54, 1.807) is 24.3 Å². The van der Waals surface area contributed by atoms with E-state index < -0.39 is 6.04 Å². The first-order valence-corrected chi connectivity index (χ1v) is 5.87. The van der Waals surface area contributed by atoms with Crippen molar-refractivity contribution < 1.29 is 9.59 Å². The zero-order chi connectivity index (χ0) is 12.4. The fourth-order valence-corrected chi connectivity index (χ4v) is 2.20. The first-order valence-electron chi connectivity index (χ1n) is 5.49. The van der Waals surface area contributed by atoms with E-state index in [9.17, 15) is 9.59 Å². The predicted octanol–water partition coefficient (Wildman–Crippen LogP) is 1.58. The van der Waals surface area contributed by atoms with Crippen LogP contribution in [0.3, 0.4) is 0 Å². The van der Waals surface area contributed by atoms with Crippen molar-refractivity contribution in [2.45, 2.75) is 19.4 Å². The van der Waals surface area contributed by atoms with Gasteiger partial charge >= 0.3 is 0 Å². The lowest BCUT2D eigenvalue weighted by atomic mass is 10.1. The van der Waals surface area contributed by atoms with E-state index in [2.05, 4.69) is 5.32 Å². The molecular weight excluding hydrogens is 240 g/mol. The molecule has 0 spiro atoms. The van der Waals surface area contributed by atoms with E-state index in [-0.39, 0.29) is 18.4 Å². The van der Waals surface area contributed by atoms with Crippen molar-refractivity contribution in [2.24, 2.45) is 0 Å². The second-order valence-corrected chi connectivity index (χ2v) is 4.26. The maximum atomic E-state index is 11.9.